The Morgan fingerprint density at radius 2 is 1.39 bits per heavy atom. The van der Waals surface area contributed by atoms with E-state index in [1.807, 2.05) is 36.4 Å². The fourth-order valence-electron chi connectivity index (χ4n) is 5.88. The average molecular weight is 375 g/mol. The quantitative estimate of drug-likeness (QED) is 0.803. The van der Waals surface area contributed by atoms with Crippen molar-refractivity contribution < 1.29 is 4.79 Å². The van der Waals surface area contributed by atoms with Crippen LogP contribution < -0.4 is 0 Å². The highest BCUT2D eigenvalue weighted by molar-refractivity contribution is 5.87. The number of carbonyl (C=O) groups excluding carboxylic acids is 1. The maximum absolute atomic E-state index is 13.6. The molecule has 2 saturated carbocycles. The molecule has 1 saturated heterocycles. The molecule has 3 fully saturated rings. The van der Waals surface area contributed by atoms with Crippen LogP contribution in [0.25, 0.3) is 0 Å². The van der Waals surface area contributed by atoms with Gasteiger partial charge in [-0.2, -0.15) is 0 Å². The SMILES string of the molecule is O=C(C(c1ccccc1)c1ccccc1)N1CCN([C@@H]2C[C@H]3CC[C@@H]2C3)CC1. The molecule has 3 nitrogen and oxygen atoms in total. The summed E-state index contributed by atoms with van der Waals surface area (Å²) in [5, 5.41) is 0. The summed E-state index contributed by atoms with van der Waals surface area (Å²) >= 11 is 0. The van der Waals surface area contributed by atoms with Crippen molar-refractivity contribution >= 4 is 5.91 Å². The Kier molecular flexibility index (Phi) is 4.94. The van der Waals surface area contributed by atoms with Crippen LogP contribution in [0.5, 0.6) is 0 Å². The topological polar surface area (TPSA) is 23.6 Å². The molecule has 5 rings (SSSR count). The van der Waals surface area contributed by atoms with Crippen LogP contribution in [-0.2, 0) is 4.79 Å². The summed E-state index contributed by atoms with van der Waals surface area (Å²) in [6.07, 6.45) is 5.73. The molecule has 2 aromatic rings. The minimum Gasteiger partial charge on any atom is -0.339 e. The van der Waals surface area contributed by atoms with Gasteiger partial charge < -0.3 is 4.90 Å². The molecular formula is C25H30N2O. The molecule has 0 spiro atoms. The van der Waals surface area contributed by atoms with Gasteiger partial charge in [0.15, 0.2) is 0 Å². The van der Waals surface area contributed by atoms with Crippen LogP contribution in [-0.4, -0.2) is 47.9 Å². The lowest BCUT2D eigenvalue weighted by molar-refractivity contribution is -0.134. The van der Waals surface area contributed by atoms with Gasteiger partial charge >= 0.3 is 0 Å². The number of benzene rings is 2. The first-order valence-electron chi connectivity index (χ1n) is 10.9. The standard InChI is InChI=1S/C25H30N2O/c28-25(24(20-7-3-1-4-8-20)21-9-5-2-6-10-21)27-15-13-26(14-16-27)23-18-19-11-12-22(23)17-19/h1-10,19,22-24H,11-18H2/t19-,22+,23+/m0/s1. The second-order valence-corrected chi connectivity index (χ2v) is 8.86. The lowest BCUT2D eigenvalue weighted by Crippen LogP contribution is -2.54. The third kappa shape index (κ3) is 3.37. The summed E-state index contributed by atoms with van der Waals surface area (Å²) in [4.78, 5) is 18.4. The van der Waals surface area contributed by atoms with Crippen LogP contribution >= 0.6 is 0 Å². The molecule has 1 aliphatic heterocycles. The zero-order chi connectivity index (χ0) is 18.9. The Balaban J connectivity index is 1.30. The van der Waals surface area contributed by atoms with Gasteiger partial charge in [-0.05, 0) is 42.2 Å². The van der Waals surface area contributed by atoms with E-state index < -0.39 is 0 Å². The van der Waals surface area contributed by atoms with Crippen LogP contribution in [0.15, 0.2) is 60.7 Å². The Bertz CT molecular complexity index is 758. The first-order chi connectivity index (χ1) is 13.8. The predicted octanol–water partition coefficient (Wildman–Crippen LogP) is 4.15. The first kappa shape index (κ1) is 17.9. The maximum Gasteiger partial charge on any atom is 0.234 e. The van der Waals surface area contributed by atoms with Crippen molar-refractivity contribution in [3.8, 4) is 0 Å². The number of nitrogens with zero attached hydrogens (tertiary/aromatic N) is 2. The van der Waals surface area contributed by atoms with E-state index in [1.54, 1.807) is 0 Å². The number of amides is 1. The van der Waals surface area contributed by atoms with Gasteiger partial charge in [0.25, 0.3) is 0 Å². The normalized spacial score (nSPS) is 27.5. The molecule has 2 aromatic carbocycles. The monoisotopic (exact) mass is 374 g/mol. The van der Waals surface area contributed by atoms with Gasteiger partial charge in [-0.3, -0.25) is 9.69 Å². The Morgan fingerprint density at radius 3 is 1.89 bits per heavy atom. The van der Waals surface area contributed by atoms with Crippen LogP contribution in [0.3, 0.4) is 0 Å². The van der Waals surface area contributed by atoms with E-state index in [0.29, 0.717) is 0 Å². The van der Waals surface area contributed by atoms with Crippen molar-refractivity contribution in [3.63, 3.8) is 0 Å². The van der Waals surface area contributed by atoms with Crippen molar-refractivity contribution in [1.82, 2.24) is 9.80 Å². The minimum absolute atomic E-state index is 0.198. The fraction of sp³-hybridized carbons (Fsp3) is 0.480. The van der Waals surface area contributed by atoms with Crippen LogP contribution in [0.1, 0.15) is 42.7 Å². The lowest BCUT2D eigenvalue weighted by Gasteiger charge is -2.41. The van der Waals surface area contributed by atoms with E-state index in [4.69, 9.17) is 0 Å². The number of carbonyl (C=O) groups is 1. The van der Waals surface area contributed by atoms with Gasteiger partial charge in [-0.1, -0.05) is 67.1 Å². The van der Waals surface area contributed by atoms with Crippen LogP contribution in [0.2, 0.25) is 0 Å². The molecule has 3 aliphatic rings. The average Bonchev–Trinajstić information content (AvgIpc) is 3.39. The Hall–Kier alpha value is -2.13. The van der Waals surface area contributed by atoms with Crippen molar-refractivity contribution in [3.05, 3.63) is 71.8 Å². The Morgan fingerprint density at radius 1 is 0.786 bits per heavy atom. The number of hydrogen-bond acceptors (Lipinski definition) is 2. The van der Waals surface area contributed by atoms with E-state index in [1.165, 1.54) is 25.7 Å². The molecule has 2 aliphatic carbocycles. The van der Waals surface area contributed by atoms with Gasteiger partial charge in [-0.25, -0.2) is 0 Å². The minimum atomic E-state index is -0.198. The highest BCUT2D eigenvalue weighted by Crippen LogP contribution is 2.46. The van der Waals surface area contributed by atoms with Gasteiger partial charge in [-0.15, -0.1) is 0 Å². The molecule has 1 heterocycles. The molecule has 1 amide bonds. The smallest absolute Gasteiger partial charge is 0.234 e. The highest BCUT2D eigenvalue weighted by atomic mass is 16.2. The molecule has 0 N–H and O–H groups in total. The molecule has 2 bridgehead atoms. The third-order valence-corrected chi connectivity index (χ3v) is 7.31. The number of hydrogen-bond donors (Lipinski definition) is 0. The van der Waals surface area contributed by atoms with E-state index >= 15 is 0 Å². The number of piperazine rings is 1. The second kappa shape index (κ2) is 7.71. The van der Waals surface area contributed by atoms with E-state index in [9.17, 15) is 4.79 Å². The van der Waals surface area contributed by atoms with Gasteiger partial charge in [0.1, 0.15) is 0 Å². The molecule has 3 atom stereocenters. The van der Waals surface area contributed by atoms with Crippen LogP contribution in [0, 0.1) is 11.8 Å². The number of rotatable bonds is 4. The third-order valence-electron chi connectivity index (χ3n) is 7.31. The van der Waals surface area contributed by atoms with E-state index in [2.05, 4.69) is 34.1 Å². The summed E-state index contributed by atoms with van der Waals surface area (Å²) in [6, 6.07) is 21.3. The fourth-order valence-corrected chi connectivity index (χ4v) is 5.88. The van der Waals surface area contributed by atoms with Crippen molar-refractivity contribution in [2.75, 3.05) is 26.2 Å². The van der Waals surface area contributed by atoms with E-state index in [-0.39, 0.29) is 11.8 Å². The summed E-state index contributed by atoms with van der Waals surface area (Å²) in [5.41, 5.74) is 2.18. The highest BCUT2D eigenvalue weighted by Gasteiger charge is 2.43. The van der Waals surface area contributed by atoms with E-state index in [0.717, 1.165) is 55.2 Å². The molecule has 3 heteroatoms. The summed E-state index contributed by atoms with van der Waals surface area (Å²) in [5.74, 6) is 1.96. The molecule has 0 radical (unpaired) electrons. The molecular weight excluding hydrogens is 344 g/mol. The zero-order valence-corrected chi connectivity index (χ0v) is 16.5. The molecule has 146 valence electrons. The van der Waals surface area contributed by atoms with Crippen molar-refractivity contribution in [1.29, 1.82) is 0 Å². The summed E-state index contributed by atoms with van der Waals surface area (Å²) in [6.45, 7) is 3.80. The first-order valence-corrected chi connectivity index (χ1v) is 10.9. The zero-order valence-electron chi connectivity index (χ0n) is 16.5. The lowest BCUT2D eigenvalue weighted by atomic mass is 9.89. The van der Waals surface area contributed by atoms with Gasteiger partial charge in [0.05, 0.1) is 5.92 Å². The Labute approximate surface area is 168 Å². The summed E-state index contributed by atoms with van der Waals surface area (Å²) < 4.78 is 0. The maximum atomic E-state index is 13.6. The number of fused-ring (bicyclic) bond motifs is 2. The molecule has 28 heavy (non-hydrogen) atoms. The predicted molar refractivity (Wildman–Crippen MR) is 112 cm³/mol. The van der Waals surface area contributed by atoms with Crippen molar-refractivity contribution in [2.45, 2.75) is 37.6 Å². The molecule has 0 aromatic heterocycles. The summed E-state index contributed by atoms with van der Waals surface area (Å²) in [7, 11) is 0. The second-order valence-electron chi connectivity index (χ2n) is 8.86. The van der Waals surface area contributed by atoms with Crippen LogP contribution in [0.4, 0.5) is 0 Å². The molecule has 0 unspecified atom stereocenters. The van der Waals surface area contributed by atoms with Crippen molar-refractivity contribution in [2.24, 2.45) is 11.8 Å². The van der Waals surface area contributed by atoms with Gasteiger partial charge in [0, 0.05) is 32.2 Å². The largest absolute Gasteiger partial charge is 0.339 e. The van der Waals surface area contributed by atoms with Gasteiger partial charge in [0.2, 0.25) is 5.91 Å².